The molecule has 0 aliphatic heterocycles. The van der Waals surface area contributed by atoms with Gasteiger partial charge < -0.3 is 18.5 Å². The van der Waals surface area contributed by atoms with E-state index < -0.39 is 12.4 Å². The molecule has 0 aliphatic rings. The van der Waals surface area contributed by atoms with Gasteiger partial charge in [0.15, 0.2) is 11.5 Å². The van der Waals surface area contributed by atoms with Gasteiger partial charge in [0.25, 0.3) is 0 Å². The molecule has 0 N–H and O–H groups in total. The number of rotatable bonds is 5. The van der Waals surface area contributed by atoms with E-state index in [9.17, 15) is 4.79 Å². The molecule has 1 atom stereocenters. The molecule has 0 radical (unpaired) electrons. The Labute approximate surface area is 137 Å². The van der Waals surface area contributed by atoms with Gasteiger partial charge in [-0.15, -0.1) is 0 Å². The maximum absolute atomic E-state index is 10.9. The molecule has 7 heteroatoms. The fraction of sp³-hybridized carbons (Fsp3) is 0.133. The number of hydrogen-bond donors (Lipinski definition) is 0. The van der Waals surface area contributed by atoms with E-state index in [-0.39, 0.29) is 0 Å². The average molecular weight is 343 g/mol. The SMILES string of the molecule is CC(OC(=O)OCl)Oc1ccccc1Oc1ccccc1Cl. The molecule has 0 saturated heterocycles. The molecule has 0 fully saturated rings. The Morgan fingerprint density at radius 1 is 1.00 bits per heavy atom. The minimum atomic E-state index is -1.06. The predicted molar refractivity (Wildman–Crippen MR) is 81.5 cm³/mol. The lowest BCUT2D eigenvalue weighted by Crippen LogP contribution is -2.20. The second kappa shape index (κ2) is 7.77. The van der Waals surface area contributed by atoms with E-state index >= 15 is 0 Å². The minimum absolute atomic E-state index is 0.372. The highest BCUT2D eigenvalue weighted by molar-refractivity contribution is 6.32. The zero-order valence-corrected chi connectivity index (χ0v) is 13.0. The van der Waals surface area contributed by atoms with Crippen LogP contribution in [0.5, 0.6) is 17.2 Å². The number of halogens is 2. The molecule has 0 amide bonds. The van der Waals surface area contributed by atoms with Crippen LogP contribution < -0.4 is 9.47 Å². The van der Waals surface area contributed by atoms with Crippen molar-refractivity contribution in [3.8, 4) is 17.2 Å². The molecular weight excluding hydrogens is 331 g/mol. The number of benzene rings is 2. The van der Waals surface area contributed by atoms with Gasteiger partial charge in [0.1, 0.15) is 17.6 Å². The van der Waals surface area contributed by atoms with Gasteiger partial charge in [-0.3, -0.25) is 0 Å². The third kappa shape index (κ3) is 4.44. The van der Waals surface area contributed by atoms with Gasteiger partial charge >= 0.3 is 6.16 Å². The third-order valence-electron chi connectivity index (χ3n) is 2.52. The Balaban J connectivity index is 2.13. The molecule has 0 heterocycles. The highest BCUT2D eigenvalue weighted by atomic mass is 35.5. The largest absolute Gasteiger partial charge is 0.530 e. The quantitative estimate of drug-likeness (QED) is 0.554. The normalized spacial score (nSPS) is 11.4. The van der Waals surface area contributed by atoms with Crippen molar-refractivity contribution < 1.29 is 23.3 Å². The first-order valence-corrected chi connectivity index (χ1v) is 6.96. The average Bonchev–Trinajstić information content (AvgIpc) is 2.51. The lowest BCUT2D eigenvalue weighted by atomic mass is 10.3. The van der Waals surface area contributed by atoms with Gasteiger partial charge in [0.2, 0.25) is 6.29 Å². The summed E-state index contributed by atoms with van der Waals surface area (Å²) in [7, 11) is 0. The van der Waals surface area contributed by atoms with E-state index in [1.54, 1.807) is 48.5 Å². The first-order valence-electron chi connectivity index (χ1n) is 6.27. The smallest absolute Gasteiger partial charge is 0.452 e. The van der Waals surface area contributed by atoms with Gasteiger partial charge in [-0.2, -0.15) is 0 Å². The van der Waals surface area contributed by atoms with Crippen molar-refractivity contribution in [1.29, 1.82) is 0 Å². The fourth-order valence-electron chi connectivity index (χ4n) is 1.63. The molecule has 0 aliphatic carbocycles. The van der Waals surface area contributed by atoms with Gasteiger partial charge in [-0.1, -0.05) is 35.9 Å². The van der Waals surface area contributed by atoms with E-state index in [1.165, 1.54) is 6.92 Å². The molecule has 22 heavy (non-hydrogen) atoms. The van der Waals surface area contributed by atoms with Crippen LogP contribution >= 0.6 is 23.5 Å². The molecule has 2 aromatic rings. The number of para-hydroxylation sites is 3. The van der Waals surface area contributed by atoms with Crippen molar-refractivity contribution in [2.75, 3.05) is 0 Å². The maximum Gasteiger partial charge on any atom is 0.530 e. The van der Waals surface area contributed by atoms with Crippen LogP contribution in [0.25, 0.3) is 0 Å². The van der Waals surface area contributed by atoms with E-state index in [2.05, 4.69) is 4.29 Å². The van der Waals surface area contributed by atoms with Crippen molar-refractivity contribution in [3.05, 3.63) is 53.6 Å². The summed E-state index contributed by atoms with van der Waals surface area (Å²) in [5.74, 6) is 1.27. The van der Waals surface area contributed by atoms with Gasteiger partial charge in [-0.05, 0) is 24.3 Å². The second-order valence-electron chi connectivity index (χ2n) is 4.11. The number of carbonyl (C=O) groups excluding carboxylic acids is 1. The fourth-order valence-corrected chi connectivity index (χ4v) is 1.85. The van der Waals surface area contributed by atoms with E-state index in [0.29, 0.717) is 22.3 Å². The number of hydrogen-bond acceptors (Lipinski definition) is 5. The Kier molecular flexibility index (Phi) is 5.75. The molecule has 5 nitrogen and oxygen atoms in total. The summed E-state index contributed by atoms with van der Waals surface area (Å²) in [5, 5.41) is 0.465. The Hall–Kier alpha value is -2.11. The first kappa shape index (κ1) is 16.3. The lowest BCUT2D eigenvalue weighted by molar-refractivity contribution is -0.0369. The van der Waals surface area contributed by atoms with Gasteiger partial charge in [0, 0.05) is 6.92 Å². The topological polar surface area (TPSA) is 54.0 Å². The summed E-state index contributed by atoms with van der Waals surface area (Å²) < 4.78 is 19.8. The van der Waals surface area contributed by atoms with Crippen molar-refractivity contribution in [3.63, 3.8) is 0 Å². The summed E-state index contributed by atoms with van der Waals surface area (Å²) >= 11 is 10.9. The lowest BCUT2D eigenvalue weighted by Gasteiger charge is -2.17. The summed E-state index contributed by atoms with van der Waals surface area (Å²) in [5.41, 5.74) is 0. The van der Waals surface area contributed by atoms with Crippen LogP contribution in [-0.2, 0) is 9.03 Å². The molecule has 116 valence electrons. The van der Waals surface area contributed by atoms with E-state index in [1.807, 2.05) is 0 Å². The van der Waals surface area contributed by atoms with Crippen LogP contribution in [0.2, 0.25) is 5.02 Å². The standard InChI is InChI=1S/C15H12Cl2O5/c1-10(20-15(18)22-17)19-13-8-4-5-9-14(13)21-12-7-3-2-6-11(12)16/h2-10H,1H3. The Morgan fingerprint density at radius 2 is 1.59 bits per heavy atom. The Morgan fingerprint density at radius 3 is 2.23 bits per heavy atom. The molecular formula is C15H12Cl2O5. The van der Waals surface area contributed by atoms with Crippen LogP contribution in [0.15, 0.2) is 48.5 Å². The number of ether oxygens (including phenoxy) is 3. The molecule has 2 rings (SSSR count). The van der Waals surface area contributed by atoms with Gasteiger partial charge in [-0.25, -0.2) is 4.79 Å². The summed E-state index contributed by atoms with van der Waals surface area (Å²) in [4.78, 5) is 10.9. The molecule has 0 bridgehead atoms. The van der Waals surface area contributed by atoms with Crippen LogP contribution in [-0.4, -0.2) is 12.4 Å². The van der Waals surface area contributed by atoms with Crippen molar-refractivity contribution in [2.45, 2.75) is 13.2 Å². The predicted octanol–water partition coefficient (Wildman–Crippen LogP) is 5.16. The summed E-state index contributed by atoms with van der Waals surface area (Å²) in [6.45, 7) is 1.51. The molecule has 2 aromatic carbocycles. The van der Waals surface area contributed by atoms with E-state index in [0.717, 1.165) is 0 Å². The zero-order chi connectivity index (χ0) is 15.9. The Bertz CT molecular complexity index is 647. The van der Waals surface area contributed by atoms with Crippen molar-refractivity contribution >= 4 is 29.6 Å². The van der Waals surface area contributed by atoms with Crippen LogP contribution in [0.3, 0.4) is 0 Å². The first-order chi connectivity index (χ1) is 10.6. The minimum Gasteiger partial charge on any atom is -0.452 e. The molecule has 0 saturated carbocycles. The third-order valence-corrected chi connectivity index (χ3v) is 2.96. The molecule has 0 spiro atoms. The number of carbonyl (C=O) groups is 1. The van der Waals surface area contributed by atoms with Crippen molar-refractivity contribution in [2.24, 2.45) is 0 Å². The van der Waals surface area contributed by atoms with Gasteiger partial charge in [0.05, 0.1) is 5.02 Å². The monoisotopic (exact) mass is 342 g/mol. The van der Waals surface area contributed by atoms with Crippen molar-refractivity contribution in [1.82, 2.24) is 0 Å². The highest BCUT2D eigenvalue weighted by Crippen LogP contribution is 2.35. The second-order valence-corrected chi connectivity index (χ2v) is 4.67. The zero-order valence-electron chi connectivity index (χ0n) is 11.5. The summed E-state index contributed by atoms with van der Waals surface area (Å²) in [6.07, 6.45) is -1.97. The van der Waals surface area contributed by atoms with Crippen LogP contribution in [0.4, 0.5) is 4.79 Å². The summed E-state index contributed by atoms with van der Waals surface area (Å²) in [6, 6.07) is 13.9. The maximum atomic E-state index is 10.9. The highest BCUT2D eigenvalue weighted by Gasteiger charge is 2.15. The van der Waals surface area contributed by atoms with E-state index in [4.69, 9.17) is 37.7 Å². The molecule has 1 unspecified atom stereocenters. The van der Waals surface area contributed by atoms with Crippen LogP contribution in [0.1, 0.15) is 6.92 Å². The molecule has 0 aromatic heterocycles. The van der Waals surface area contributed by atoms with Crippen LogP contribution in [0, 0.1) is 0 Å².